The Balaban J connectivity index is 1.31. The van der Waals surface area contributed by atoms with Gasteiger partial charge >= 0.3 is 6.09 Å². The number of carbonyl (C=O) groups excluding carboxylic acids is 1. The Kier molecular flexibility index (Phi) is 9.51. The second kappa shape index (κ2) is 13.1. The van der Waals surface area contributed by atoms with Crippen molar-refractivity contribution in [3.63, 3.8) is 0 Å². The van der Waals surface area contributed by atoms with Gasteiger partial charge in [-0.05, 0) is 64.5 Å². The topological polar surface area (TPSA) is 95.8 Å². The van der Waals surface area contributed by atoms with Crippen LogP contribution in [0, 0.1) is 0 Å². The number of anilines is 1. The summed E-state index contributed by atoms with van der Waals surface area (Å²) >= 11 is 0. The Morgan fingerprint density at radius 1 is 1.09 bits per heavy atom. The molecule has 2 fully saturated rings. The highest BCUT2D eigenvalue weighted by atomic mass is 19.3. The van der Waals surface area contributed by atoms with Crippen LogP contribution in [0.2, 0.25) is 0 Å². The molecule has 2 N–H and O–H groups in total. The van der Waals surface area contributed by atoms with Crippen molar-refractivity contribution in [3.8, 4) is 11.1 Å². The van der Waals surface area contributed by atoms with Gasteiger partial charge in [0.2, 0.25) is 12.4 Å². The van der Waals surface area contributed by atoms with E-state index in [1.165, 1.54) is 5.56 Å². The van der Waals surface area contributed by atoms with E-state index in [2.05, 4.69) is 50.2 Å². The van der Waals surface area contributed by atoms with Gasteiger partial charge in [-0.25, -0.2) is 18.6 Å². The molecule has 1 amide bonds. The van der Waals surface area contributed by atoms with Gasteiger partial charge in [0.25, 0.3) is 0 Å². The molecule has 234 valence electrons. The van der Waals surface area contributed by atoms with E-state index in [0.29, 0.717) is 19.0 Å². The van der Waals surface area contributed by atoms with Crippen LogP contribution in [-0.2, 0) is 11.3 Å². The number of ether oxygens (including phenoxy) is 1. The lowest BCUT2D eigenvalue weighted by atomic mass is 9.93. The summed E-state index contributed by atoms with van der Waals surface area (Å²) in [6.45, 7) is 11.0. The van der Waals surface area contributed by atoms with Crippen LogP contribution in [0.15, 0.2) is 36.7 Å². The molecule has 1 aliphatic carbocycles. The summed E-state index contributed by atoms with van der Waals surface area (Å²) in [5.74, 6) is 0.338. The van der Waals surface area contributed by atoms with Crippen molar-refractivity contribution in [2.45, 2.75) is 96.6 Å². The van der Waals surface area contributed by atoms with Crippen molar-refractivity contribution in [2.24, 2.45) is 0 Å². The van der Waals surface area contributed by atoms with Crippen molar-refractivity contribution in [2.75, 3.05) is 31.5 Å². The maximum absolute atomic E-state index is 12.9. The monoisotopic (exact) mass is 598 g/mol. The molecule has 0 bridgehead atoms. The largest absolute Gasteiger partial charge is 0.444 e. The van der Waals surface area contributed by atoms with Gasteiger partial charge in [0.05, 0.1) is 6.10 Å². The molecule has 11 heteroatoms. The Labute approximate surface area is 252 Å². The third kappa shape index (κ3) is 8.00. The lowest BCUT2D eigenvalue weighted by molar-refractivity contribution is 0.0139. The molecule has 1 aromatic carbocycles. The van der Waals surface area contributed by atoms with Crippen LogP contribution in [0.25, 0.3) is 22.2 Å². The van der Waals surface area contributed by atoms with E-state index in [0.717, 1.165) is 67.5 Å². The molecule has 2 aromatic heterocycles. The Morgan fingerprint density at radius 3 is 2.40 bits per heavy atom. The molecule has 1 aliphatic heterocycles. The van der Waals surface area contributed by atoms with E-state index >= 15 is 0 Å². The summed E-state index contributed by atoms with van der Waals surface area (Å²) in [4.78, 5) is 25.8. The van der Waals surface area contributed by atoms with Crippen LogP contribution in [0.3, 0.4) is 0 Å². The average Bonchev–Trinajstić information content (AvgIpc) is 3.32. The Bertz CT molecular complexity index is 1370. The Hall–Kier alpha value is -3.31. The number of alkyl halides is 2. The number of fused-ring (bicyclic) bond motifs is 1. The van der Waals surface area contributed by atoms with Crippen molar-refractivity contribution < 1.29 is 23.4 Å². The molecule has 1 saturated heterocycles. The number of rotatable bonds is 8. The minimum Gasteiger partial charge on any atom is -0.444 e. The van der Waals surface area contributed by atoms with Crippen molar-refractivity contribution in [3.05, 3.63) is 42.2 Å². The highest BCUT2D eigenvalue weighted by Gasteiger charge is 2.27. The standard InChI is InChI=1S/C32H44F2N6O3/c1-21(17-28(33)34)36-30-35-18-26-27(20-40(29(26)37-30)24-9-11-25(41)12-10-24)23-7-5-22(6-8-23)19-38-13-15-39(16-14-38)31(42)43-32(2,3)4/h5-8,18,20-21,24-25,28,41H,9-17,19H2,1-4H3,(H,35,36,37)/t21-,24?,25?/m1/s1. The van der Waals surface area contributed by atoms with Crippen molar-refractivity contribution in [1.82, 2.24) is 24.3 Å². The van der Waals surface area contributed by atoms with Gasteiger partial charge in [-0.3, -0.25) is 4.90 Å². The number of piperazine rings is 1. The van der Waals surface area contributed by atoms with E-state index in [1.807, 2.05) is 20.8 Å². The van der Waals surface area contributed by atoms with Crippen LogP contribution < -0.4 is 5.32 Å². The van der Waals surface area contributed by atoms with E-state index < -0.39 is 18.1 Å². The fourth-order valence-corrected chi connectivity index (χ4v) is 5.95. The van der Waals surface area contributed by atoms with E-state index in [9.17, 15) is 18.7 Å². The zero-order chi connectivity index (χ0) is 30.7. The van der Waals surface area contributed by atoms with Gasteiger partial charge < -0.3 is 24.6 Å². The molecular formula is C32H44F2N6O3. The number of benzene rings is 1. The molecule has 5 rings (SSSR count). The molecule has 2 aliphatic rings. The summed E-state index contributed by atoms with van der Waals surface area (Å²) in [5.41, 5.74) is 3.53. The lowest BCUT2D eigenvalue weighted by Gasteiger charge is -2.35. The van der Waals surface area contributed by atoms with Gasteiger partial charge in [0.1, 0.15) is 11.2 Å². The van der Waals surface area contributed by atoms with E-state index in [4.69, 9.17) is 9.72 Å². The number of halogens is 2. The van der Waals surface area contributed by atoms with Gasteiger partial charge in [-0.15, -0.1) is 0 Å². The third-order valence-corrected chi connectivity index (χ3v) is 8.23. The SMILES string of the molecule is C[C@H](CC(F)F)Nc1ncc2c(-c3ccc(CN4CCN(C(=O)OC(C)(C)C)CC4)cc3)cn(C3CCC(O)CC3)c2n1. The normalized spacial score (nSPS) is 20.9. The molecule has 9 nitrogen and oxygen atoms in total. The number of hydrogen-bond acceptors (Lipinski definition) is 7. The number of carbonyl (C=O) groups is 1. The predicted molar refractivity (Wildman–Crippen MR) is 163 cm³/mol. The highest BCUT2D eigenvalue weighted by molar-refractivity contribution is 5.94. The minimum absolute atomic E-state index is 0.194. The molecule has 3 heterocycles. The van der Waals surface area contributed by atoms with Crippen molar-refractivity contribution in [1.29, 1.82) is 0 Å². The molecule has 43 heavy (non-hydrogen) atoms. The molecule has 1 atom stereocenters. The van der Waals surface area contributed by atoms with Crippen molar-refractivity contribution >= 4 is 23.1 Å². The second-order valence-corrected chi connectivity index (χ2v) is 13.0. The average molecular weight is 599 g/mol. The van der Waals surface area contributed by atoms with Crippen LogP contribution in [0.5, 0.6) is 0 Å². The van der Waals surface area contributed by atoms with Crippen LogP contribution >= 0.6 is 0 Å². The molecule has 3 aromatic rings. The smallest absolute Gasteiger partial charge is 0.410 e. The first-order valence-corrected chi connectivity index (χ1v) is 15.3. The first-order valence-electron chi connectivity index (χ1n) is 15.3. The number of aliphatic hydroxyl groups is 1. The minimum atomic E-state index is -2.40. The van der Waals surface area contributed by atoms with Gasteiger partial charge in [0.15, 0.2) is 0 Å². The van der Waals surface area contributed by atoms with E-state index in [1.54, 1.807) is 18.0 Å². The van der Waals surface area contributed by atoms with Gasteiger partial charge in [-0.2, -0.15) is 4.98 Å². The van der Waals surface area contributed by atoms with Gasteiger partial charge in [-0.1, -0.05) is 24.3 Å². The lowest BCUT2D eigenvalue weighted by Crippen LogP contribution is -2.49. The van der Waals surface area contributed by atoms with Crippen LogP contribution in [-0.4, -0.2) is 85.9 Å². The predicted octanol–water partition coefficient (Wildman–Crippen LogP) is 6.08. The number of nitrogens with one attached hydrogen (secondary N) is 1. The second-order valence-electron chi connectivity index (χ2n) is 13.0. The maximum atomic E-state index is 12.9. The number of aromatic nitrogens is 3. The summed E-state index contributed by atoms with van der Waals surface area (Å²) in [6, 6.07) is 8.24. The first kappa shape index (κ1) is 31.1. The fraction of sp³-hybridized carbons (Fsp3) is 0.594. The number of amides is 1. The number of nitrogens with zero attached hydrogens (tertiary/aromatic N) is 5. The molecular weight excluding hydrogens is 554 g/mol. The molecule has 0 radical (unpaired) electrons. The summed E-state index contributed by atoms with van der Waals surface area (Å²) in [5, 5.41) is 14.0. The first-order chi connectivity index (χ1) is 20.4. The molecule has 1 saturated carbocycles. The quantitative estimate of drug-likeness (QED) is 0.324. The van der Waals surface area contributed by atoms with Crippen LogP contribution in [0.1, 0.15) is 71.4 Å². The number of hydrogen-bond donors (Lipinski definition) is 2. The molecule has 0 spiro atoms. The third-order valence-electron chi connectivity index (χ3n) is 8.23. The number of aliphatic hydroxyl groups excluding tert-OH is 1. The summed E-state index contributed by atoms with van der Waals surface area (Å²) in [6.07, 6.45) is 3.87. The summed E-state index contributed by atoms with van der Waals surface area (Å²) in [7, 11) is 0. The van der Waals surface area contributed by atoms with E-state index in [-0.39, 0.29) is 24.7 Å². The summed E-state index contributed by atoms with van der Waals surface area (Å²) < 4.78 is 33.5. The maximum Gasteiger partial charge on any atom is 0.410 e. The zero-order valence-corrected chi connectivity index (χ0v) is 25.6. The van der Waals surface area contributed by atoms with Crippen LogP contribution in [0.4, 0.5) is 19.5 Å². The fourth-order valence-electron chi connectivity index (χ4n) is 5.95. The Morgan fingerprint density at radius 2 is 1.77 bits per heavy atom. The molecule has 0 unspecified atom stereocenters. The van der Waals surface area contributed by atoms with Gasteiger partial charge in [0, 0.05) is 74.6 Å². The zero-order valence-electron chi connectivity index (χ0n) is 25.6. The highest BCUT2D eigenvalue weighted by Crippen LogP contribution is 2.37.